The minimum Gasteiger partial charge on any atom is -0.356 e. The number of nitrogens with one attached hydrogen (secondary N) is 1. The van der Waals surface area contributed by atoms with Gasteiger partial charge in [-0.1, -0.05) is 5.59 Å². The van der Waals surface area contributed by atoms with Crippen LogP contribution in [0.1, 0.15) is 22.3 Å². The first-order valence-electron chi connectivity index (χ1n) is 5.77. The fourth-order valence-electron chi connectivity index (χ4n) is 2.14. The summed E-state index contributed by atoms with van der Waals surface area (Å²) in [6.45, 7) is 1.53. The van der Waals surface area contributed by atoms with Crippen LogP contribution in [0.25, 0.3) is 0 Å². The Balaban J connectivity index is 2.27. The first kappa shape index (κ1) is 14.1. The highest BCUT2D eigenvalue weighted by molar-refractivity contribution is 6.52. The average Bonchev–Trinajstić information content (AvgIpc) is 2.61. The normalized spacial score (nSPS) is 13.7. The van der Waals surface area contributed by atoms with Crippen LogP contribution in [-0.2, 0) is 14.4 Å². The number of fused-ring (bicyclic) bond motifs is 1. The third-order valence-corrected chi connectivity index (χ3v) is 2.93. The number of hydrogen-bond acceptors (Lipinski definition) is 6. The van der Waals surface area contributed by atoms with Crippen molar-refractivity contribution < 1.29 is 23.6 Å². The quantitative estimate of drug-likeness (QED) is 0.456. The molecule has 20 heavy (non-hydrogen) atoms. The molecule has 1 aromatic rings. The minimum absolute atomic E-state index is 0.0119. The lowest BCUT2D eigenvalue weighted by Crippen LogP contribution is -2.34. The van der Waals surface area contributed by atoms with Gasteiger partial charge in [0.05, 0.1) is 17.7 Å². The molecule has 0 bridgehead atoms. The van der Waals surface area contributed by atoms with Crippen LogP contribution in [0.15, 0.2) is 12.1 Å². The molecule has 0 atom stereocenters. The molecule has 2 rings (SSSR count). The van der Waals surface area contributed by atoms with Crippen LogP contribution in [-0.4, -0.2) is 24.2 Å². The number of carbonyl (C=O) groups is 3. The van der Waals surface area contributed by atoms with E-state index in [1.54, 1.807) is 12.5 Å². The number of hydrogen-bond donors (Lipinski definition) is 2. The smallest absolute Gasteiger partial charge is 0.328 e. The summed E-state index contributed by atoms with van der Waals surface area (Å²) in [6.07, 6.45) is -0.153. The molecule has 1 aliphatic heterocycles. The van der Waals surface area contributed by atoms with Crippen molar-refractivity contribution in [2.75, 3.05) is 11.4 Å². The average molecular weight is 281 g/mol. The van der Waals surface area contributed by atoms with Crippen LogP contribution in [0, 0.1) is 12.7 Å². The molecular weight excluding hydrogens is 269 g/mol. The van der Waals surface area contributed by atoms with E-state index in [9.17, 15) is 18.8 Å². The van der Waals surface area contributed by atoms with Crippen molar-refractivity contribution in [3.05, 3.63) is 29.1 Å². The molecule has 1 aromatic carbocycles. The van der Waals surface area contributed by atoms with Gasteiger partial charge in [-0.15, -0.1) is 0 Å². The number of rotatable bonds is 4. The summed E-state index contributed by atoms with van der Waals surface area (Å²) < 4.78 is 13.3. The predicted octanol–water partition coefficient (Wildman–Crippen LogP) is -0.0250. The third kappa shape index (κ3) is 2.38. The lowest BCUT2D eigenvalue weighted by atomic mass is 10.1. The Bertz CT molecular complexity index is 603. The molecule has 1 amide bonds. The number of aryl methyl sites for hydroxylation is 1. The summed E-state index contributed by atoms with van der Waals surface area (Å²) in [7, 11) is 0. The van der Waals surface area contributed by atoms with Gasteiger partial charge in [0, 0.05) is 6.54 Å². The monoisotopic (exact) mass is 281 g/mol. The van der Waals surface area contributed by atoms with Crippen LogP contribution in [0.4, 0.5) is 10.1 Å². The number of benzene rings is 1. The molecular formula is C12H12FN3O4. The Morgan fingerprint density at radius 2 is 2.15 bits per heavy atom. The van der Waals surface area contributed by atoms with Gasteiger partial charge in [-0.3, -0.25) is 14.4 Å². The second kappa shape index (κ2) is 5.35. The molecule has 0 saturated heterocycles. The predicted molar refractivity (Wildman–Crippen MR) is 65.9 cm³/mol. The van der Waals surface area contributed by atoms with E-state index in [0.717, 1.165) is 11.0 Å². The summed E-state index contributed by atoms with van der Waals surface area (Å²) in [5.41, 5.74) is 2.52. The van der Waals surface area contributed by atoms with E-state index in [-0.39, 0.29) is 18.5 Å². The number of amides is 1. The molecule has 0 aliphatic carbocycles. The number of nitrogens with two attached hydrogens (primary N) is 1. The second-order valence-corrected chi connectivity index (χ2v) is 4.25. The van der Waals surface area contributed by atoms with Crippen LogP contribution < -0.4 is 16.3 Å². The first-order chi connectivity index (χ1) is 9.45. The first-order valence-corrected chi connectivity index (χ1v) is 5.77. The Morgan fingerprint density at radius 3 is 2.80 bits per heavy atom. The molecule has 0 spiro atoms. The van der Waals surface area contributed by atoms with Crippen LogP contribution in [0.3, 0.4) is 0 Å². The molecule has 3 N–H and O–H groups in total. The Labute approximate surface area is 113 Å². The topological polar surface area (TPSA) is 102 Å². The standard InChI is InChI=1S/C12H12FN3O4/c1-6-4-7(13)5-8-10(6)16(12(19)11(8)18)3-2-9(17)20-15-14/h4-5,15H,2-3,14H2,1H3. The van der Waals surface area contributed by atoms with Crippen molar-refractivity contribution in [2.45, 2.75) is 13.3 Å². The molecule has 0 radical (unpaired) electrons. The number of carbonyl (C=O) groups excluding carboxylic acids is 3. The molecule has 0 unspecified atom stereocenters. The fourth-order valence-corrected chi connectivity index (χ4v) is 2.14. The zero-order chi connectivity index (χ0) is 14.9. The SMILES string of the molecule is Cc1cc(F)cc2c1N(CCC(=O)ONN)C(=O)C2=O. The Morgan fingerprint density at radius 1 is 1.45 bits per heavy atom. The number of hydrazine groups is 1. The Kier molecular flexibility index (Phi) is 3.77. The summed E-state index contributed by atoms with van der Waals surface area (Å²) in [6, 6.07) is 2.24. The minimum atomic E-state index is -0.790. The van der Waals surface area contributed by atoms with Gasteiger partial charge in [0.15, 0.2) is 0 Å². The highest BCUT2D eigenvalue weighted by Gasteiger charge is 2.37. The molecule has 1 aliphatic rings. The van der Waals surface area contributed by atoms with Gasteiger partial charge in [-0.2, -0.15) is 0 Å². The van der Waals surface area contributed by atoms with E-state index < -0.39 is 23.5 Å². The largest absolute Gasteiger partial charge is 0.356 e. The lowest BCUT2D eigenvalue weighted by molar-refractivity contribution is -0.150. The van der Waals surface area contributed by atoms with E-state index in [0.29, 0.717) is 11.3 Å². The fraction of sp³-hybridized carbons (Fsp3) is 0.250. The zero-order valence-electron chi connectivity index (χ0n) is 10.6. The second-order valence-electron chi connectivity index (χ2n) is 4.25. The third-order valence-electron chi connectivity index (χ3n) is 2.93. The van der Waals surface area contributed by atoms with E-state index in [1.165, 1.54) is 6.07 Å². The number of nitrogens with zero attached hydrogens (tertiary/aromatic N) is 1. The molecule has 106 valence electrons. The highest BCUT2D eigenvalue weighted by Crippen LogP contribution is 2.33. The number of anilines is 1. The van der Waals surface area contributed by atoms with Crippen molar-refractivity contribution in [2.24, 2.45) is 5.84 Å². The molecule has 0 saturated carbocycles. The number of halogens is 1. The van der Waals surface area contributed by atoms with Gasteiger partial charge in [0.2, 0.25) is 0 Å². The van der Waals surface area contributed by atoms with Crippen molar-refractivity contribution in [1.82, 2.24) is 5.59 Å². The summed E-state index contributed by atoms with van der Waals surface area (Å²) in [5.74, 6) is 1.97. The maximum atomic E-state index is 13.3. The van der Waals surface area contributed by atoms with Gasteiger partial charge in [0.25, 0.3) is 11.7 Å². The summed E-state index contributed by atoms with van der Waals surface area (Å²) >= 11 is 0. The van der Waals surface area contributed by atoms with Crippen molar-refractivity contribution in [3.63, 3.8) is 0 Å². The van der Waals surface area contributed by atoms with Crippen LogP contribution in [0.2, 0.25) is 0 Å². The van der Waals surface area contributed by atoms with Gasteiger partial charge in [-0.25, -0.2) is 10.2 Å². The van der Waals surface area contributed by atoms with Gasteiger partial charge in [-0.05, 0) is 24.6 Å². The zero-order valence-corrected chi connectivity index (χ0v) is 10.6. The van der Waals surface area contributed by atoms with Crippen molar-refractivity contribution in [1.29, 1.82) is 0 Å². The highest BCUT2D eigenvalue weighted by atomic mass is 19.1. The Hall–Kier alpha value is -2.32. The van der Waals surface area contributed by atoms with Crippen molar-refractivity contribution in [3.8, 4) is 0 Å². The molecule has 1 heterocycles. The maximum Gasteiger partial charge on any atom is 0.328 e. The lowest BCUT2D eigenvalue weighted by Gasteiger charge is -2.17. The van der Waals surface area contributed by atoms with Gasteiger partial charge >= 0.3 is 5.97 Å². The number of ketones is 1. The van der Waals surface area contributed by atoms with E-state index in [4.69, 9.17) is 5.84 Å². The summed E-state index contributed by atoms with van der Waals surface area (Å²) in [5, 5.41) is 0. The maximum absolute atomic E-state index is 13.3. The van der Waals surface area contributed by atoms with E-state index >= 15 is 0 Å². The van der Waals surface area contributed by atoms with E-state index in [2.05, 4.69) is 4.84 Å². The molecule has 7 nitrogen and oxygen atoms in total. The van der Waals surface area contributed by atoms with Gasteiger partial charge < -0.3 is 9.74 Å². The molecule has 0 fully saturated rings. The molecule has 8 heteroatoms. The van der Waals surface area contributed by atoms with Crippen molar-refractivity contribution >= 4 is 23.3 Å². The van der Waals surface area contributed by atoms with E-state index in [1.807, 2.05) is 0 Å². The molecule has 0 aromatic heterocycles. The number of Topliss-reactive ketones (excluding diaryl/α,β-unsaturated/α-hetero) is 1. The van der Waals surface area contributed by atoms with Gasteiger partial charge in [0.1, 0.15) is 5.82 Å². The van der Waals surface area contributed by atoms with Crippen LogP contribution in [0.5, 0.6) is 0 Å². The van der Waals surface area contributed by atoms with Crippen LogP contribution >= 0.6 is 0 Å². The summed E-state index contributed by atoms with van der Waals surface area (Å²) in [4.78, 5) is 40.3.